The lowest BCUT2D eigenvalue weighted by molar-refractivity contribution is 1.11. The third-order valence-corrected chi connectivity index (χ3v) is 6.36. The summed E-state index contributed by atoms with van der Waals surface area (Å²) in [6.07, 6.45) is 0. The highest BCUT2D eigenvalue weighted by Crippen LogP contribution is 2.37. The maximum atomic E-state index is 5.83. The second-order valence-electron chi connectivity index (χ2n) is 8.95. The van der Waals surface area contributed by atoms with Gasteiger partial charge in [0.2, 0.25) is 0 Å². The molecule has 0 saturated heterocycles. The molecule has 0 amide bonds. The summed E-state index contributed by atoms with van der Waals surface area (Å²) >= 11 is 0. The number of aromatic nitrogens is 4. The van der Waals surface area contributed by atoms with Gasteiger partial charge >= 0.3 is 0 Å². The average Bonchev–Trinajstić information content (AvgIpc) is 3.48. The Morgan fingerprint density at radius 2 is 0.925 bits per heavy atom. The van der Waals surface area contributed by atoms with Gasteiger partial charge in [-0.15, -0.1) is 10.2 Å². The Morgan fingerprint density at radius 3 is 1.32 bits per heavy atom. The van der Waals surface area contributed by atoms with Crippen molar-refractivity contribution in [1.29, 1.82) is 0 Å². The fraction of sp³-hybridized carbons (Fsp3) is 0. The summed E-state index contributed by atoms with van der Waals surface area (Å²) in [7, 11) is 0. The third kappa shape index (κ3) is 4.56. The van der Waals surface area contributed by atoms with Crippen molar-refractivity contribution in [3.63, 3.8) is 0 Å². The number of rotatable bonds is 6. The molecular weight excluding hydrogens is 504 g/mol. The van der Waals surface area contributed by atoms with Gasteiger partial charge < -0.3 is 22.9 Å². The van der Waals surface area contributed by atoms with E-state index in [9.17, 15) is 0 Å². The fourth-order valence-corrected chi connectivity index (χ4v) is 4.44. The molecule has 6 rings (SSSR count). The molecule has 0 aliphatic rings. The van der Waals surface area contributed by atoms with Crippen LogP contribution in [0.4, 0.5) is 46.0 Å². The van der Waals surface area contributed by atoms with Crippen molar-refractivity contribution in [3.05, 3.63) is 84.9 Å². The van der Waals surface area contributed by atoms with Gasteiger partial charge in [0.25, 0.3) is 0 Å². The van der Waals surface area contributed by atoms with Crippen LogP contribution in [0, 0.1) is 0 Å². The van der Waals surface area contributed by atoms with Gasteiger partial charge in [0.05, 0.1) is 11.4 Å². The van der Waals surface area contributed by atoms with Gasteiger partial charge in [-0.25, -0.2) is 0 Å². The van der Waals surface area contributed by atoms with Crippen LogP contribution in [0.25, 0.3) is 33.0 Å². The fourth-order valence-electron chi connectivity index (χ4n) is 4.44. The van der Waals surface area contributed by atoms with Gasteiger partial charge in [-0.1, -0.05) is 60.7 Å². The van der Waals surface area contributed by atoms with Gasteiger partial charge in [-0.05, 0) is 57.3 Å². The molecule has 2 aromatic heterocycles. The number of fused-ring (bicyclic) bond motifs is 1. The van der Waals surface area contributed by atoms with Crippen LogP contribution in [-0.2, 0) is 0 Å². The Morgan fingerprint density at radius 1 is 0.500 bits per heavy atom. The Labute approximate surface area is 227 Å². The first kappa shape index (κ1) is 24.3. The summed E-state index contributed by atoms with van der Waals surface area (Å²) in [4.78, 5) is 0. The zero-order valence-electron chi connectivity index (χ0n) is 21.1. The van der Waals surface area contributed by atoms with E-state index in [-0.39, 0.29) is 23.3 Å². The van der Waals surface area contributed by atoms with E-state index in [0.29, 0.717) is 22.7 Å². The molecular formula is C28H24N12. The smallest absolute Gasteiger partial charge is 0.175 e. The van der Waals surface area contributed by atoms with Crippen molar-refractivity contribution >= 4 is 56.8 Å². The van der Waals surface area contributed by atoms with Crippen LogP contribution < -0.4 is 22.9 Å². The Balaban J connectivity index is 1.36. The summed E-state index contributed by atoms with van der Waals surface area (Å²) < 4.78 is 0. The number of azo groups is 2. The van der Waals surface area contributed by atoms with Crippen LogP contribution in [0.5, 0.6) is 0 Å². The monoisotopic (exact) mass is 528 g/mol. The van der Waals surface area contributed by atoms with Crippen molar-refractivity contribution in [1.82, 2.24) is 20.4 Å². The number of nitrogens with two attached hydrogens (primary N) is 4. The standard InChI is InChI=1S/C28H24N12/c29-25-23(26(30)38-37-25)35-33-17-7-1-5-15(13-17)19-9-3-12-22-20(10-4-11-21(19)22)16-6-2-8-18(14-16)34-36-24-27(31)39-40-28(24)32/h1-14H,(H5,29,30,37,38)(H5,31,32,39,40). The molecule has 12 heteroatoms. The molecule has 10 N–H and O–H groups in total. The molecule has 40 heavy (non-hydrogen) atoms. The van der Waals surface area contributed by atoms with Crippen molar-refractivity contribution in [2.45, 2.75) is 0 Å². The normalized spacial score (nSPS) is 11.7. The highest BCUT2D eigenvalue weighted by atomic mass is 15.3. The highest BCUT2D eigenvalue weighted by molar-refractivity contribution is 6.04. The van der Waals surface area contributed by atoms with Gasteiger partial charge in [0.15, 0.2) is 23.0 Å². The molecule has 0 saturated carbocycles. The number of benzene rings is 4. The molecule has 0 radical (unpaired) electrons. The Bertz CT molecular complexity index is 1740. The van der Waals surface area contributed by atoms with E-state index in [2.05, 4.69) is 65.1 Å². The summed E-state index contributed by atoms with van der Waals surface area (Å²) in [6, 6.07) is 28.0. The van der Waals surface area contributed by atoms with E-state index in [1.807, 2.05) is 60.7 Å². The molecule has 0 atom stereocenters. The zero-order chi connectivity index (χ0) is 27.6. The first-order valence-electron chi connectivity index (χ1n) is 12.2. The topological polar surface area (TPSA) is 211 Å². The van der Waals surface area contributed by atoms with Crippen LogP contribution >= 0.6 is 0 Å². The SMILES string of the molecule is Nc1n[nH]c(N)c1N=Nc1cccc(-c2cccc3c(-c4cccc(N=Nc5c(N)n[nH]c5N)c4)cccc23)c1. The first-order chi connectivity index (χ1) is 19.5. The predicted octanol–water partition coefficient (Wildman–Crippen LogP) is 6.78. The van der Waals surface area contributed by atoms with Crippen LogP contribution in [0.15, 0.2) is 105 Å². The summed E-state index contributed by atoms with van der Waals surface area (Å²) in [6.45, 7) is 0. The minimum absolute atomic E-state index is 0.194. The van der Waals surface area contributed by atoms with E-state index in [1.54, 1.807) is 0 Å². The molecule has 6 aromatic rings. The minimum Gasteiger partial charge on any atom is -0.382 e. The summed E-state index contributed by atoms with van der Waals surface area (Å²) in [5.74, 6) is 0.914. The van der Waals surface area contributed by atoms with E-state index in [4.69, 9.17) is 22.9 Å². The summed E-state index contributed by atoms with van der Waals surface area (Å²) in [5.41, 5.74) is 29.3. The van der Waals surface area contributed by atoms with Gasteiger partial charge in [-0.3, -0.25) is 10.2 Å². The summed E-state index contributed by atoms with van der Waals surface area (Å²) in [5, 5.41) is 32.1. The molecule has 0 bridgehead atoms. The molecule has 2 heterocycles. The van der Waals surface area contributed by atoms with Crippen LogP contribution in [-0.4, -0.2) is 20.4 Å². The molecule has 0 fully saturated rings. The Hall–Kier alpha value is -6.04. The van der Waals surface area contributed by atoms with Gasteiger partial charge in [0.1, 0.15) is 11.6 Å². The Kier molecular flexibility index (Phi) is 6.09. The molecule has 0 aliphatic heterocycles. The lowest BCUT2D eigenvalue weighted by atomic mass is 9.93. The molecule has 196 valence electrons. The number of nitrogen functional groups attached to an aromatic ring is 4. The van der Waals surface area contributed by atoms with E-state index < -0.39 is 0 Å². The van der Waals surface area contributed by atoms with Crippen LogP contribution in [0.3, 0.4) is 0 Å². The quantitative estimate of drug-likeness (QED) is 0.128. The number of hydrogen-bond donors (Lipinski definition) is 6. The average molecular weight is 529 g/mol. The predicted molar refractivity (Wildman–Crippen MR) is 158 cm³/mol. The number of hydrogen-bond acceptors (Lipinski definition) is 10. The van der Waals surface area contributed by atoms with Crippen LogP contribution in [0.2, 0.25) is 0 Å². The second-order valence-corrected chi connectivity index (χ2v) is 8.95. The minimum atomic E-state index is 0.194. The van der Waals surface area contributed by atoms with Crippen molar-refractivity contribution in [2.75, 3.05) is 22.9 Å². The molecule has 12 nitrogen and oxygen atoms in total. The second kappa shape index (κ2) is 10.0. The van der Waals surface area contributed by atoms with Crippen molar-refractivity contribution < 1.29 is 0 Å². The van der Waals surface area contributed by atoms with E-state index in [1.165, 1.54) is 0 Å². The number of nitrogens with zero attached hydrogens (tertiary/aromatic N) is 6. The maximum absolute atomic E-state index is 5.83. The van der Waals surface area contributed by atoms with E-state index in [0.717, 1.165) is 33.0 Å². The lowest BCUT2D eigenvalue weighted by Gasteiger charge is -2.12. The number of nitrogens with one attached hydrogen (secondary N) is 2. The number of anilines is 4. The van der Waals surface area contributed by atoms with Crippen molar-refractivity contribution in [3.8, 4) is 22.3 Å². The molecule has 0 aliphatic carbocycles. The maximum Gasteiger partial charge on any atom is 0.175 e. The lowest BCUT2D eigenvalue weighted by Crippen LogP contribution is -1.86. The van der Waals surface area contributed by atoms with E-state index >= 15 is 0 Å². The first-order valence-corrected chi connectivity index (χ1v) is 12.2. The number of aromatic amines is 2. The van der Waals surface area contributed by atoms with Crippen molar-refractivity contribution in [2.24, 2.45) is 20.5 Å². The zero-order valence-corrected chi connectivity index (χ0v) is 21.1. The molecule has 0 spiro atoms. The van der Waals surface area contributed by atoms with Gasteiger partial charge in [-0.2, -0.15) is 20.4 Å². The number of H-pyrrole nitrogens is 2. The van der Waals surface area contributed by atoms with Crippen LogP contribution in [0.1, 0.15) is 0 Å². The highest BCUT2D eigenvalue weighted by Gasteiger charge is 2.11. The molecule has 4 aromatic carbocycles. The largest absolute Gasteiger partial charge is 0.382 e. The van der Waals surface area contributed by atoms with Gasteiger partial charge in [0, 0.05) is 0 Å². The molecule has 0 unspecified atom stereocenters. The third-order valence-electron chi connectivity index (χ3n) is 6.36.